The van der Waals surface area contributed by atoms with Crippen LogP contribution in [0.4, 0.5) is 10.5 Å². The van der Waals surface area contributed by atoms with Crippen molar-refractivity contribution in [3.05, 3.63) is 23.0 Å². The van der Waals surface area contributed by atoms with E-state index in [0.717, 1.165) is 0 Å². The predicted octanol–water partition coefficient (Wildman–Crippen LogP) is 2.18. The Kier molecular flexibility index (Phi) is 5.37. The van der Waals surface area contributed by atoms with Crippen LogP contribution in [0.1, 0.15) is 19.5 Å². The highest BCUT2D eigenvalue weighted by atomic mass is 35.5. The SMILES string of the molecule is Cc1nccc(NC(=O)N[C@H](CO)C(C)C)c1Cl. The van der Waals surface area contributed by atoms with E-state index in [1.54, 1.807) is 19.2 Å². The lowest BCUT2D eigenvalue weighted by Gasteiger charge is -2.20. The van der Waals surface area contributed by atoms with Gasteiger partial charge >= 0.3 is 6.03 Å². The third-order valence-corrected chi connectivity index (χ3v) is 3.11. The number of aryl methyl sites for hydroxylation is 1. The highest BCUT2D eigenvalue weighted by molar-refractivity contribution is 6.34. The number of nitrogens with zero attached hydrogens (tertiary/aromatic N) is 1. The van der Waals surface area contributed by atoms with Crippen LogP contribution in [0.15, 0.2) is 12.3 Å². The van der Waals surface area contributed by atoms with Crippen molar-refractivity contribution in [3.8, 4) is 0 Å². The Morgan fingerprint density at radius 2 is 2.22 bits per heavy atom. The van der Waals surface area contributed by atoms with Gasteiger partial charge in [-0.3, -0.25) is 4.98 Å². The first-order valence-electron chi connectivity index (χ1n) is 5.75. The van der Waals surface area contributed by atoms with Crippen LogP contribution < -0.4 is 10.6 Å². The summed E-state index contributed by atoms with van der Waals surface area (Å²) in [5, 5.41) is 14.9. The molecule has 0 unspecified atom stereocenters. The summed E-state index contributed by atoms with van der Waals surface area (Å²) in [5.41, 5.74) is 1.15. The molecule has 1 heterocycles. The van der Waals surface area contributed by atoms with Gasteiger partial charge in [-0.2, -0.15) is 0 Å². The molecule has 100 valence electrons. The topological polar surface area (TPSA) is 74.2 Å². The standard InChI is InChI=1S/C12H18ClN3O2/c1-7(2)10(6-17)16-12(18)15-9-4-5-14-8(3)11(9)13/h4-5,7,10,17H,6H2,1-3H3,(H2,14,15,16,18)/t10-/m1/s1. The van der Waals surface area contributed by atoms with Gasteiger partial charge in [0.1, 0.15) is 0 Å². The number of hydrogen-bond donors (Lipinski definition) is 3. The summed E-state index contributed by atoms with van der Waals surface area (Å²) in [6, 6.07) is 0.945. The van der Waals surface area contributed by atoms with Gasteiger partial charge in [-0.15, -0.1) is 0 Å². The van der Waals surface area contributed by atoms with Gasteiger partial charge in [0.25, 0.3) is 0 Å². The minimum atomic E-state index is -0.393. The number of rotatable bonds is 4. The van der Waals surface area contributed by atoms with E-state index in [1.165, 1.54) is 0 Å². The van der Waals surface area contributed by atoms with Crippen molar-refractivity contribution in [1.29, 1.82) is 0 Å². The number of carbonyl (C=O) groups excluding carboxylic acids is 1. The van der Waals surface area contributed by atoms with Gasteiger partial charge in [-0.25, -0.2) is 4.79 Å². The monoisotopic (exact) mass is 271 g/mol. The van der Waals surface area contributed by atoms with Crippen LogP contribution in [0.3, 0.4) is 0 Å². The van der Waals surface area contributed by atoms with Crippen LogP contribution in [0, 0.1) is 12.8 Å². The number of carbonyl (C=O) groups is 1. The number of pyridine rings is 1. The van der Waals surface area contributed by atoms with Gasteiger partial charge < -0.3 is 15.7 Å². The summed E-state index contributed by atoms with van der Waals surface area (Å²) in [5.74, 6) is 0.149. The van der Waals surface area contributed by atoms with Crippen LogP contribution >= 0.6 is 11.6 Å². The van der Waals surface area contributed by atoms with Crippen molar-refractivity contribution >= 4 is 23.3 Å². The summed E-state index contributed by atoms with van der Waals surface area (Å²) < 4.78 is 0. The molecular weight excluding hydrogens is 254 g/mol. The van der Waals surface area contributed by atoms with Crippen LogP contribution in [-0.4, -0.2) is 28.8 Å². The first kappa shape index (κ1) is 14.7. The third kappa shape index (κ3) is 3.85. The molecule has 3 N–H and O–H groups in total. The van der Waals surface area contributed by atoms with Crippen LogP contribution in [0.2, 0.25) is 5.02 Å². The van der Waals surface area contributed by atoms with E-state index in [2.05, 4.69) is 15.6 Å². The molecule has 1 rings (SSSR count). The second-order valence-corrected chi connectivity index (χ2v) is 4.77. The summed E-state index contributed by atoms with van der Waals surface area (Å²) in [6.45, 7) is 5.50. The van der Waals surface area contributed by atoms with E-state index in [1.807, 2.05) is 13.8 Å². The molecule has 5 nitrogen and oxygen atoms in total. The summed E-state index contributed by atoms with van der Waals surface area (Å²) >= 11 is 6.02. The molecule has 1 atom stereocenters. The van der Waals surface area contributed by atoms with Crippen molar-refractivity contribution in [2.75, 3.05) is 11.9 Å². The van der Waals surface area contributed by atoms with Gasteiger partial charge in [-0.05, 0) is 18.9 Å². The maximum Gasteiger partial charge on any atom is 0.319 e. The second kappa shape index (κ2) is 6.56. The van der Waals surface area contributed by atoms with E-state index in [4.69, 9.17) is 16.7 Å². The number of hydrogen-bond acceptors (Lipinski definition) is 3. The largest absolute Gasteiger partial charge is 0.394 e. The van der Waals surface area contributed by atoms with E-state index in [-0.39, 0.29) is 18.6 Å². The third-order valence-electron chi connectivity index (χ3n) is 2.63. The summed E-state index contributed by atoms with van der Waals surface area (Å²) in [4.78, 5) is 15.7. The quantitative estimate of drug-likeness (QED) is 0.786. The molecule has 0 aromatic carbocycles. The number of aliphatic hydroxyl groups is 1. The molecule has 0 spiro atoms. The van der Waals surface area contributed by atoms with Gasteiger partial charge in [0.2, 0.25) is 0 Å². The van der Waals surface area contributed by atoms with Crippen LogP contribution in [0.5, 0.6) is 0 Å². The Bertz CT molecular complexity index is 424. The van der Waals surface area contributed by atoms with E-state index in [0.29, 0.717) is 16.4 Å². The Morgan fingerprint density at radius 1 is 1.56 bits per heavy atom. The molecule has 0 aliphatic rings. The van der Waals surface area contributed by atoms with Gasteiger partial charge in [0.05, 0.1) is 29.1 Å². The average molecular weight is 272 g/mol. The first-order chi connectivity index (χ1) is 8.45. The minimum absolute atomic E-state index is 0.103. The number of aromatic nitrogens is 1. The molecule has 2 amide bonds. The lowest BCUT2D eigenvalue weighted by Crippen LogP contribution is -2.43. The minimum Gasteiger partial charge on any atom is -0.394 e. The van der Waals surface area contributed by atoms with Crippen LogP contribution in [0.25, 0.3) is 0 Å². The normalized spacial score (nSPS) is 12.3. The molecule has 18 heavy (non-hydrogen) atoms. The molecule has 1 aromatic rings. The van der Waals surface area contributed by atoms with Gasteiger partial charge in [0, 0.05) is 6.20 Å². The van der Waals surface area contributed by atoms with Crippen molar-refractivity contribution in [1.82, 2.24) is 10.3 Å². The number of anilines is 1. The highest BCUT2D eigenvalue weighted by Crippen LogP contribution is 2.23. The van der Waals surface area contributed by atoms with E-state index >= 15 is 0 Å². The fourth-order valence-electron chi connectivity index (χ4n) is 1.39. The molecule has 0 bridgehead atoms. The Labute approximate surface area is 112 Å². The number of nitrogens with one attached hydrogen (secondary N) is 2. The van der Waals surface area contributed by atoms with Crippen LogP contribution in [-0.2, 0) is 0 Å². The average Bonchev–Trinajstić information content (AvgIpc) is 2.31. The Balaban J connectivity index is 2.67. The summed E-state index contributed by atoms with van der Waals surface area (Å²) in [6.07, 6.45) is 1.57. The maximum absolute atomic E-state index is 11.7. The van der Waals surface area contributed by atoms with Crippen molar-refractivity contribution in [2.24, 2.45) is 5.92 Å². The number of halogens is 1. The fraction of sp³-hybridized carbons (Fsp3) is 0.500. The zero-order chi connectivity index (χ0) is 13.7. The first-order valence-corrected chi connectivity index (χ1v) is 6.13. The lowest BCUT2D eigenvalue weighted by molar-refractivity contribution is 0.204. The molecule has 0 saturated heterocycles. The smallest absolute Gasteiger partial charge is 0.319 e. The van der Waals surface area contributed by atoms with Crippen molar-refractivity contribution in [2.45, 2.75) is 26.8 Å². The highest BCUT2D eigenvalue weighted by Gasteiger charge is 2.15. The molecule has 0 aliphatic carbocycles. The zero-order valence-corrected chi connectivity index (χ0v) is 11.5. The number of amides is 2. The fourth-order valence-corrected chi connectivity index (χ4v) is 1.55. The molecule has 0 aliphatic heterocycles. The van der Waals surface area contributed by atoms with E-state index in [9.17, 15) is 4.79 Å². The second-order valence-electron chi connectivity index (χ2n) is 4.39. The number of aliphatic hydroxyl groups excluding tert-OH is 1. The van der Waals surface area contributed by atoms with Crippen molar-refractivity contribution < 1.29 is 9.90 Å². The molecule has 6 heteroatoms. The lowest BCUT2D eigenvalue weighted by atomic mass is 10.1. The van der Waals surface area contributed by atoms with Gasteiger partial charge in [0.15, 0.2) is 0 Å². The van der Waals surface area contributed by atoms with E-state index < -0.39 is 6.03 Å². The zero-order valence-electron chi connectivity index (χ0n) is 10.7. The Hall–Kier alpha value is -1.33. The molecular formula is C12H18ClN3O2. The molecule has 0 radical (unpaired) electrons. The number of urea groups is 1. The van der Waals surface area contributed by atoms with Gasteiger partial charge in [-0.1, -0.05) is 25.4 Å². The molecule has 0 fully saturated rings. The summed E-state index contributed by atoms with van der Waals surface area (Å²) in [7, 11) is 0. The maximum atomic E-state index is 11.7. The Morgan fingerprint density at radius 3 is 2.78 bits per heavy atom. The predicted molar refractivity (Wildman–Crippen MR) is 71.9 cm³/mol. The molecule has 0 saturated carbocycles. The molecule has 1 aromatic heterocycles. The van der Waals surface area contributed by atoms with Crippen molar-refractivity contribution in [3.63, 3.8) is 0 Å².